The lowest BCUT2D eigenvalue weighted by Gasteiger charge is -2.24. The molecule has 2 heterocycles. The summed E-state index contributed by atoms with van der Waals surface area (Å²) in [5.41, 5.74) is 2.40. The normalized spacial score (nSPS) is 22.1. The van der Waals surface area contributed by atoms with Crippen molar-refractivity contribution < 1.29 is 0 Å². The second-order valence-electron chi connectivity index (χ2n) is 4.22. The molecule has 0 unspecified atom stereocenters. The third kappa shape index (κ3) is 1.97. The molecule has 0 aliphatic carbocycles. The van der Waals surface area contributed by atoms with Crippen molar-refractivity contribution in [2.75, 3.05) is 13.1 Å². The van der Waals surface area contributed by atoms with Crippen molar-refractivity contribution in [1.29, 1.82) is 0 Å². The van der Waals surface area contributed by atoms with E-state index in [0.717, 1.165) is 12.1 Å². The van der Waals surface area contributed by atoms with Crippen molar-refractivity contribution in [2.24, 2.45) is 0 Å². The van der Waals surface area contributed by atoms with Gasteiger partial charge in [-0.05, 0) is 44.0 Å². The number of hydrogen-bond donors (Lipinski definition) is 1. The summed E-state index contributed by atoms with van der Waals surface area (Å²) in [4.78, 5) is 16.4. The predicted octanol–water partition coefficient (Wildman–Crippen LogP) is 1.84. The van der Waals surface area contributed by atoms with Crippen LogP contribution in [0.2, 0.25) is 0 Å². The fourth-order valence-electron chi connectivity index (χ4n) is 2.50. The third-order valence-corrected chi connectivity index (χ3v) is 3.30. The fraction of sp³-hybridized carbons (Fsp3) is 0.583. The molecule has 82 valence electrons. The van der Waals surface area contributed by atoms with E-state index in [2.05, 4.69) is 16.8 Å². The number of H-pyrrole nitrogens is 1. The van der Waals surface area contributed by atoms with Crippen LogP contribution < -0.4 is 5.56 Å². The van der Waals surface area contributed by atoms with Crippen molar-refractivity contribution in [1.82, 2.24) is 9.88 Å². The zero-order valence-corrected chi connectivity index (χ0v) is 9.42. The summed E-state index contributed by atoms with van der Waals surface area (Å²) < 4.78 is 0. The molecular formula is C12H18N2O. The molecule has 1 aromatic rings. The summed E-state index contributed by atoms with van der Waals surface area (Å²) in [5, 5.41) is 0. The Labute approximate surface area is 90.1 Å². The summed E-state index contributed by atoms with van der Waals surface area (Å²) in [7, 11) is 0. The van der Waals surface area contributed by atoms with Crippen LogP contribution in [0.4, 0.5) is 0 Å². The van der Waals surface area contributed by atoms with Crippen LogP contribution in [0.25, 0.3) is 0 Å². The van der Waals surface area contributed by atoms with Crippen LogP contribution in [0.1, 0.15) is 36.9 Å². The van der Waals surface area contributed by atoms with Gasteiger partial charge in [-0.25, -0.2) is 0 Å². The maximum absolute atomic E-state index is 11.1. The highest BCUT2D eigenvalue weighted by Gasteiger charge is 2.25. The van der Waals surface area contributed by atoms with E-state index in [0.29, 0.717) is 6.04 Å². The smallest absolute Gasteiger partial charge is 0.248 e. The molecule has 0 saturated carbocycles. The molecule has 3 heteroatoms. The van der Waals surface area contributed by atoms with Gasteiger partial charge in [-0.2, -0.15) is 0 Å². The summed E-state index contributed by atoms with van der Waals surface area (Å²) in [6.07, 6.45) is 4.36. The largest absolute Gasteiger partial charge is 0.329 e. The summed E-state index contributed by atoms with van der Waals surface area (Å²) >= 11 is 0. The second kappa shape index (κ2) is 4.19. The van der Waals surface area contributed by atoms with Crippen molar-refractivity contribution in [3.8, 4) is 0 Å². The molecule has 1 atom stereocenters. The highest BCUT2D eigenvalue weighted by Crippen LogP contribution is 2.32. The molecule has 1 saturated heterocycles. The summed E-state index contributed by atoms with van der Waals surface area (Å²) in [5.74, 6) is 0. The Hall–Kier alpha value is -1.09. The molecule has 2 rings (SSSR count). The molecule has 1 aliphatic heterocycles. The minimum Gasteiger partial charge on any atom is -0.329 e. The Morgan fingerprint density at radius 3 is 3.07 bits per heavy atom. The SMILES string of the molecule is CCN1CCC[C@H]1c1c[nH]c(=O)cc1C. The lowest BCUT2D eigenvalue weighted by atomic mass is 10.0. The van der Waals surface area contributed by atoms with E-state index < -0.39 is 0 Å². The van der Waals surface area contributed by atoms with Gasteiger partial charge in [-0.15, -0.1) is 0 Å². The van der Waals surface area contributed by atoms with E-state index >= 15 is 0 Å². The van der Waals surface area contributed by atoms with E-state index in [4.69, 9.17) is 0 Å². The highest BCUT2D eigenvalue weighted by molar-refractivity contribution is 5.25. The van der Waals surface area contributed by atoms with Crippen LogP contribution in [0, 0.1) is 6.92 Å². The van der Waals surface area contributed by atoms with Crippen LogP contribution in [0.3, 0.4) is 0 Å². The fourth-order valence-corrected chi connectivity index (χ4v) is 2.50. The van der Waals surface area contributed by atoms with Crippen LogP contribution in [-0.2, 0) is 0 Å². The van der Waals surface area contributed by atoms with Gasteiger partial charge in [-0.3, -0.25) is 9.69 Å². The Morgan fingerprint density at radius 2 is 2.40 bits per heavy atom. The van der Waals surface area contributed by atoms with Gasteiger partial charge in [0.05, 0.1) is 0 Å². The number of nitrogens with zero attached hydrogens (tertiary/aromatic N) is 1. The predicted molar refractivity (Wildman–Crippen MR) is 61.0 cm³/mol. The van der Waals surface area contributed by atoms with Crippen LogP contribution in [-0.4, -0.2) is 23.0 Å². The molecular weight excluding hydrogens is 188 g/mol. The van der Waals surface area contributed by atoms with Gasteiger partial charge in [-0.1, -0.05) is 6.92 Å². The third-order valence-electron chi connectivity index (χ3n) is 3.30. The molecule has 0 spiro atoms. The standard InChI is InChI=1S/C12H18N2O/c1-3-14-6-4-5-11(14)10-8-13-12(15)7-9(10)2/h7-8,11H,3-6H2,1-2H3,(H,13,15)/t11-/m0/s1. The number of aromatic nitrogens is 1. The average Bonchev–Trinajstić information content (AvgIpc) is 2.65. The van der Waals surface area contributed by atoms with Crippen molar-refractivity contribution in [2.45, 2.75) is 32.7 Å². The minimum atomic E-state index is -0.00250. The monoisotopic (exact) mass is 206 g/mol. The molecule has 0 radical (unpaired) electrons. The zero-order valence-electron chi connectivity index (χ0n) is 9.42. The molecule has 1 N–H and O–H groups in total. The maximum Gasteiger partial charge on any atom is 0.248 e. The number of nitrogens with one attached hydrogen (secondary N) is 1. The van der Waals surface area contributed by atoms with E-state index in [1.54, 1.807) is 6.07 Å². The van der Waals surface area contributed by atoms with Crippen molar-refractivity contribution >= 4 is 0 Å². The van der Waals surface area contributed by atoms with Gasteiger partial charge in [0.1, 0.15) is 0 Å². The number of aromatic amines is 1. The van der Waals surface area contributed by atoms with Crippen molar-refractivity contribution in [3.63, 3.8) is 0 Å². The Kier molecular flexibility index (Phi) is 2.91. The number of likely N-dealkylation sites (tertiary alicyclic amines) is 1. The van der Waals surface area contributed by atoms with Gasteiger partial charge in [0, 0.05) is 18.3 Å². The average molecular weight is 206 g/mol. The lowest BCUT2D eigenvalue weighted by molar-refractivity contribution is 0.270. The molecule has 0 aromatic carbocycles. The van der Waals surface area contributed by atoms with E-state index in [1.165, 1.54) is 24.9 Å². The van der Waals surface area contributed by atoms with Gasteiger partial charge >= 0.3 is 0 Å². The topological polar surface area (TPSA) is 36.1 Å². The summed E-state index contributed by atoms with van der Waals surface area (Å²) in [6.45, 7) is 6.49. The van der Waals surface area contributed by atoms with Gasteiger partial charge in [0.2, 0.25) is 5.56 Å². The number of hydrogen-bond acceptors (Lipinski definition) is 2. The lowest BCUT2D eigenvalue weighted by Crippen LogP contribution is -2.24. The first kappa shape index (κ1) is 10.4. The Bertz CT molecular complexity index is 397. The van der Waals surface area contributed by atoms with E-state index in [1.807, 2.05) is 13.1 Å². The van der Waals surface area contributed by atoms with Gasteiger partial charge < -0.3 is 4.98 Å². The maximum atomic E-state index is 11.1. The second-order valence-corrected chi connectivity index (χ2v) is 4.22. The molecule has 1 aliphatic rings. The Balaban J connectivity index is 2.32. The van der Waals surface area contributed by atoms with Crippen LogP contribution in [0.15, 0.2) is 17.1 Å². The van der Waals surface area contributed by atoms with E-state index in [-0.39, 0.29) is 5.56 Å². The first-order chi connectivity index (χ1) is 7.22. The zero-order chi connectivity index (χ0) is 10.8. The Morgan fingerprint density at radius 1 is 1.60 bits per heavy atom. The number of rotatable bonds is 2. The molecule has 3 nitrogen and oxygen atoms in total. The van der Waals surface area contributed by atoms with Crippen LogP contribution in [0.5, 0.6) is 0 Å². The highest BCUT2D eigenvalue weighted by atomic mass is 16.1. The van der Waals surface area contributed by atoms with Gasteiger partial charge in [0.15, 0.2) is 0 Å². The molecule has 15 heavy (non-hydrogen) atoms. The number of pyridine rings is 1. The molecule has 1 aromatic heterocycles. The van der Waals surface area contributed by atoms with Crippen LogP contribution >= 0.6 is 0 Å². The molecule has 1 fully saturated rings. The molecule has 0 amide bonds. The van der Waals surface area contributed by atoms with Gasteiger partial charge in [0.25, 0.3) is 0 Å². The first-order valence-electron chi connectivity index (χ1n) is 5.65. The van der Waals surface area contributed by atoms with Crippen molar-refractivity contribution in [3.05, 3.63) is 33.7 Å². The minimum absolute atomic E-state index is 0.00250. The van der Waals surface area contributed by atoms with E-state index in [9.17, 15) is 4.79 Å². The molecule has 0 bridgehead atoms. The first-order valence-corrected chi connectivity index (χ1v) is 5.65. The summed E-state index contributed by atoms with van der Waals surface area (Å²) in [6, 6.07) is 2.20. The number of aryl methyl sites for hydroxylation is 1. The quantitative estimate of drug-likeness (QED) is 0.801.